The molecule has 1 heterocycles. The molecule has 3 rings (SSSR count). The molecule has 0 fully saturated rings. The predicted molar refractivity (Wildman–Crippen MR) is 89.2 cm³/mol. The minimum Gasteiger partial charge on any atom is -0.423 e. The Morgan fingerprint density at radius 2 is 1.74 bits per heavy atom. The van der Waals surface area contributed by atoms with Gasteiger partial charge in [-0.15, -0.1) is 0 Å². The number of hydrogen-bond acceptors (Lipinski definition) is 4. The van der Waals surface area contributed by atoms with Gasteiger partial charge in [-0.25, -0.2) is 13.2 Å². The van der Waals surface area contributed by atoms with E-state index in [0.29, 0.717) is 22.2 Å². The van der Waals surface area contributed by atoms with E-state index in [2.05, 4.69) is 4.72 Å². The van der Waals surface area contributed by atoms with Gasteiger partial charge in [-0.2, -0.15) is 0 Å². The Kier molecular flexibility index (Phi) is 3.69. The maximum Gasteiger partial charge on any atom is 0.336 e. The molecular formula is C17H15NO4S. The number of hydrogen-bond donors (Lipinski definition) is 1. The quantitative estimate of drug-likeness (QED) is 0.749. The number of fused-ring (bicyclic) bond motifs is 1. The van der Waals surface area contributed by atoms with E-state index in [0.717, 1.165) is 5.56 Å². The van der Waals surface area contributed by atoms with Crippen LogP contribution >= 0.6 is 0 Å². The van der Waals surface area contributed by atoms with Crippen molar-refractivity contribution in [1.82, 2.24) is 0 Å². The van der Waals surface area contributed by atoms with Gasteiger partial charge in [-0.1, -0.05) is 17.7 Å². The fraction of sp³-hybridized carbons (Fsp3) is 0.118. The van der Waals surface area contributed by atoms with Gasteiger partial charge in [0.1, 0.15) is 5.58 Å². The molecule has 0 amide bonds. The zero-order valence-electron chi connectivity index (χ0n) is 12.7. The lowest BCUT2D eigenvalue weighted by atomic mass is 10.2. The average Bonchev–Trinajstić information content (AvgIpc) is 2.46. The highest BCUT2D eigenvalue weighted by Crippen LogP contribution is 2.23. The topological polar surface area (TPSA) is 76.4 Å². The van der Waals surface area contributed by atoms with E-state index in [1.807, 2.05) is 13.0 Å². The van der Waals surface area contributed by atoms with Gasteiger partial charge in [-0.05, 0) is 49.7 Å². The van der Waals surface area contributed by atoms with Gasteiger partial charge >= 0.3 is 5.63 Å². The van der Waals surface area contributed by atoms with Crippen molar-refractivity contribution in [3.05, 3.63) is 70.1 Å². The Morgan fingerprint density at radius 1 is 0.957 bits per heavy atom. The lowest BCUT2D eigenvalue weighted by Gasteiger charge is -2.11. The number of benzene rings is 2. The summed E-state index contributed by atoms with van der Waals surface area (Å²) in [7, 11) is -3.68. The molecule has 0 aliphatic carbocycles. The Morgan fingerprint density at radius 3 is 2.48 bits per heavy atom. The maximum absolute atomic E-state index is 12.5. The lowest BCUT2D eigenvalue weighted by Crippen LogP contribution is -2.14. The van der Waals surface area contributed by atoms with Crippen molar-refractivity contribution in [3.8, 4) is 0 Å². The Bertz CT molecular complexity index is 1050. The summed E-state index contributed by atoms with van der Waals surface area (Å²) in [6.45, 7) is 3.67. The van der Waals surface area contributed by atoms with Crippen LogP contribution in [-0.4, -0.2) is 8.42 Å². The Hall–Kier alpha value is -2.60. The van der Waals surface area contributed by atoms with Crippen LogP contribution in [-0.2, 0) is 10.0 Å². The first-order valence-corrected chi connectivity index (χ1v) is 8.47. The van der Waals surface area contributed by atoms with Gasteiger partial charge in [0, 0.05) is 17.1 Å². The molecule has 0 radical (unpaired) electrons. The molecule has 3 aromatic rings. The third-order valence-corrected chi connectivity index (χ3v) is 5.03. The largest absolute Gasteiger partial charge is 0.423 e. The number of anilines is 1. The summed E-state index contributed by atoms with van der Waals surface area (Å²) in [5.74, 6) is 0. The second-order valence-corrected chi connectivity index (χ2v) is 7.03. The highest BCUT2D eigenvalue weighted by molar-refractivity contribution is 7.92. The van der Waals surface area contributed by atoms with Crippen LogP contribution in [0.3, 0.4) is 0 Å². The van der Waals surface area contributed by atoms with E-state index >= 15 is 0 Å². The molecule has 118 valence electrons. The molecule has 1 N–H and O–H groups in total. The van der Waals surface area contributed by atoms with E-state index in [4.69, 9.17) is 4.42 Å². The zero-order valence-corrected chi connectivity index (χ0v) is 13.5. The molecule has 0 atom stereocenters. The average molecular weight is 329 g/mol. The molecule has 0 spiro atoms. The predicted octanol–water partition coefficient (Wildman–Crippen LogP) is 3.21. The Balaban J connectivity index is 2.00. The molecule has 6 heteroatoms. The van der Waals surface area contributed by atoms with E-state index in [9.17, 15) is 13.2 Å². The van der Waals surface area contributed by atoms with Crippen LogP contribution < -0.4 is 10.3 Å². The van der Waals surface area contributed by atoms with Crippen molar-refractivity contribution < 1.29 is 12.8 Å². The van der Waals surface area contributed by atoms with Crippen LogP contribution in [0.2, 0.25) is 0 Å². The first-order chi connectivity index (χ1) is 10.8. The van der Waals surface area contributed by atoms with Crippen molar-refractivity contribution in [2.45, 2.75) is 18.7 Å². The van der Waals surface area contributed by atoms with Gasteiger partial charge in [-0.3, -0.25) is 4.72 Å². The maximum atomic E-state index is 12.5. The smallest absolute Gasteiger partial charge is 0.336 e. The number of rotatable bonds is 3. The van der Waals surface area contributed by atoms with E-state index < -0.39 is 15.6 Å². The van der Waals surface area contributed by atoms with Crippen LogP contribution in [0.5, 0.6) is 0 Å². The highest BCUT2D eigenvalue weighted by atomic mass is 32.2. The highest BCUT2D eigenvalue weighted by Gasteiger charge is 2.17. The first-order valence-electron chi connectivity index (χ1n) is 6.99. The molecular weight excluding hydrogens is 314 g/mol. The van der Waals surface area contributed by atoms with Crippen LogP contribution in [0, 0.1) is 13.8 Å². The number of aryl methyl sites for hydroxylation is 2. The van der Waals surface area contributed by atoms with Crippen LogP contribution in [0.25, 0.3) is 11.0 Å². The third-order valence-electron chi connectivity index (χ3n) is 3.49. The van der Waals surface area contributed by atoms with E-state index in [1.54, 1.807) is 43.3 Å². The number of sulfonamides is 1. The van der Waals surface area contributed by atoms with E-state index in [-0.39, 0.29) is 4.90 Å². The molecule has 23 heavy (non-hydrogen) atoms. The van der Waals surface area contributed by atoms with Crippen molar-refractivity contribution in [1.29, 1.82) is 0 Å². The van der Waals surface area contributed by atoms with Crippen molar-refractivity contribution in [2.75, 3.05) is 4.72 Å². The first kappa shape index (κ1) is 15.3. The molecule has 0 unspecified atom stereocenters. The van der Waals surface area contributed by atoms with Crippen molar-refractivity contribution in [3.63, 3.8) is 0 Å². The SMILES string of the molecule is Cc1ccc(S(=O)(=O)Nc2ccc3oc(=O)ccc3c2)c(C)c1. The zero-order chi connectivity index (χ0) is 16.6. The molecule has 0 saturated carbocycles. The minimum atomic E-state index is -3.68. The summed E-state index contributed by atoms with van der Waals surface area (Å²) in [5.41, 5.74) is 2.06. The van der Waals surface area contributed by atoms with E-state index in [1.165, 1.54) is 6.07 Å². The summed E-state index contributed by atoms with van der Waals surface area (Å²) in [4.78, 5) is 11.4. The van der Waals surface area contributed by atoms with Gasteiger partial charge in [0.2, 0.25) is 0 Å². The van der Waals surface area contributed by atoms with Crippen LogP contribution in [0.1, 0.15) is 11.1 Å². The van der Waals surface area contributed by atoms with Gasteiger partial charge in [0.15, 0.2) is 0 Å². The monoisotopic (exact) mass is 329 g/mol. The second kappa shape index (κ2) is 5.55. The van der Waals surface area contributed by atoms with Crippen molar-refractivity contribution >= 4 is 26.7 Å². The molecule has 0 bridgehead atoms. The summed E-state index contributed by atoms with van der Waals surface area (Å²) >= 11 is 0. The summed E-state index contributed by atoms with van der Waals surface area (Å²) in [6, 6.07) is 12.8. The van der Waals surface area contributed by atoms with Crippen LogP contribution in [0.15, 0.2) is 62.6 Å². The Labute approximate surface area is 133 Å². The molecule has 0 aliphatic rings. The number of nitrogens with one attached hydrogen (secondary N) is 1. The second-order valence-electron chi connectivity index (χ2n) is 5.38. The van der Waals surface area contributed by atoms with Crippen LogP contribution in [0.4, 0.5) is 5.69 Å². The third kappa shape index (κ3) is 3.12. The summed E-state index contributed by atoms with van der Waals surface area (Å²) in [5, 5.41) is 0.644. The van der Waals surface area contributed by atoms with Gasteiger partial charge in [0.25, 0.3) is 10.0 Å². The fourth-order valence-corrected chi connectivity index (χ4v) is 3.72. The standard InChI is InChI=1S/C17H15NO4S/c1-11-3-7-16(12(2)9-11)23(20,21)18-14-5-6-15-13(10-14)4-8-17(19)22-15/h3-10,18H,1-2H3. The minimum absolute atomic E-state index is 0.239. The molecule has 0 aliphatic heterocycles. The molecule has 5 nitrogen and oxygen atoms in total. The van der Waals surface area contributed by atoms with Crippen molar-refractivity contribution in [2.24, 2.45) is 0 Å². The van der Waals surface area contributed by atoms with Gasteiger partial charge in [0.05, 0.1) is 4.90 Å². The molecule has 1 aromatic heterocycles. The summed E-state index contributed by atoms with van der Waals surface area (Å²) < 4.78 is 32.7. The summed E-state index contributed by atoms with van der Waals surface area (Å²) in [6.07, 6.45) is 0. The normalized spacial score (nSPS) is 11.6. The fourth-order valence-electron chi connectivity index (χ4n) is 2.45. The molecule has 0 saturated heterocycles. The lowest BCUT2D eigenvalue weighted by molar-refractivity contribution is 0.561. The van der Waals surface area contributed by atoms with Gasteiger partial charge < -0.3 is 4.42 Å². The molecule has 2 aromatic carbocycles.